The van der Waals surface area contributed by atoms with Crippen LogP contribution in [0.2, 0.25) is 0 Å². The van der Waals surface area contributed by atoms with Crippen molar-refractivity contribution in [3.05, 3.63) is 0 Å². The molecule has 20 atom stereocenters. The third kappa shape index (κ3) is 6.57. The standard InChI is InChI=1S/C24H42O17/c1-5-9(25)13(29)15(31)22(36-5)39-19-12(28)8(4)37-23(17(19)33)41-20-14(30)10(26)6(2)38-24(20)40-18-11(27)7(3)35-21(34)16(18)32/h5-34H,1-4H3/t5-,6-,7-,8-,9+,10+,11+,12+,13+,14+,15+,16+,17+,18+,19+,20+,21+,22-,23-,24-/m0/s1. The van der Waals surface area contributed by atoms with E-state index in [1.165, 1.54) is 27.7 Å². The van der Waals surface area contributed by atoms with Gasteiger partial charge in [-0.15, -0.1) is 0 Å². The van der Waals surface area contributed by atoms with Crippen molar-refractivity contribution in [2.45, 2.75) is 151 Å². The van der Waals surface area contributed by atoms with E-state index in [-0.39, 0.29) is 0 Å². The zero-order valence-electron chi connectivity index (χ0n) is 22.9. The van der Waals surface area contributed by atoms with Gasteiger partial charge in [0.05, 0.1) is 24.4 Å². The predicted molar refractivity (Wildman–Crippen MR) is 128 cm³/mol. The van der Waals surface area contributed by atoms with E-state index in [9.17, 15) is 51.1 Å². The van der Waals surface area contributed by atoms with E-state index in [0.717, 1.165) is 0 Å². The van der Waals surface area contributed by atoms with Gasteiger partial charge in [-0.2, -0.15) is 0 Å². The highest BCUT2D eigenvalue weighted by Gasteiger charge is 2.54. The quantitative estimate of drug-likeness (QED) is 0.136. The Balaban J connectivity index is 1.52. The molecule has 0 bridgehead atoms. The Morgan fingerprint density at radius 1 is 0.341 bits per heavy atom. The van der Waals surface area contributed by atoms with E-state index in [1.54, 1.807) is 0 Å². The first-order chi connectivity index (χ1) is 19.1. The molecule has 41 heavy (non-hydrogen) atoms. The number of hydrogen-bond donors (Lipinski definition) is 10. The summed E-state index contributed by atoms with van der Waals surface area (Å²) in [5.41, 5.74) is 0. The van der Waals surface area contributed by atoms with Gasteiger partial charge in [0.25, 0.3) is 0 Å². The van der Waals surface area contributed by atoms with Gasteiger partial charge in [0, 0.05) is 0 Å². The summed E-state index contributed by atoms with van der Waals surface area (Å²) >= 11 is 0. The van der Waals surface area contributed by atoms with E-state index in [1.807, 2.05) is 0 Å². The summed E-state index contributed by atoms with van der Waals surface area (Å²) in [7, 11) is 0. The van der Waals surface area contributed by atoms with E-state index in [4.69, 9.17) is 33.2 Å². The van der Waals surface area contributed by atoms with Crippen molar-refractivity contribution < 1.29 is 84.2 Å². The summed E-state index contributed by atoms with van der Waals surface area (Å²) in [6.45, 7) is 5.69. The van der Waals surface area contributed by atoms with Gasteiger partial charge in [0.1, 0.15) is 73.2 Å². The van der Waals surface area contributed by atoms with Gasteiger partial charge >= 0.3 is 0 Å². The van der Waals surface area contributed by atoms with Crippen molar-refractivity contribution in [1.29, 1.82) is 0 Å². The third-order valence-electron chi connectivity index (χ3n) is 8.05. The van der Waals surface area contributed by atoms with Crippen LogP contribution < -0.4 is 0 Å². The normalized spacial score (nSPS) is 56.9. The van der Waals surface area contributed by atoms with Crippen molar-refractivity contribution in [1.82, 2.24) is 0 Å². The lowest BCUT2D eigenvalue weighted by Crippen LogP contribution is -2.66. The number of aliphatic hydroxyl groups is 10. The fraction of sp³-hybridized carbons (Fsp3) is 1.00. The lowest BCUT2D eigenvalue weighted by Gasteiger charge is -2.49. The summed E-state index contributed by atoms with van der Waals surface area (Å²) in [4.78, 5) is 0. The van der Waals surface area contributed by atoms with Gasteiger partial charge in [-0.3, -0.25) is 0 Å². The summed E-state index contributed by atoms with van der Waals surface area (Å²) in [6.07, 6.45) is -29.7. The number of ether oxygens (including phenoxy) is 7. The zero-order valence-corrected chi connectivity index (χ0v) is 22.9. The molecule has 4 heterocycles. The molecule has 10 N–H and O–H groups in total. The average Bonchev–Trinajstić information content (AvgIpc) is 2.92. The molecule has 0 aromatic heterocycles. The molecule has 0 radical (unpaired) electrons. The number of rotatable bonds is 6. The second kappa shape index (κ2) is 13.1. The molecule has 17 nitrogen and oxygen atoms in total. The topological polar surface area (TPSA) is 267 Å². The Morgan fingerprint density at radius 2 is 0.732 bits per heavy atom. The van der Waals surface area contributed by atoms with Crippen molar-refractivity contribution in [3.8, 4) is 0 Å². The molecule has 0 aromatic carbocycles. The first-order valence-corrected chi connectivity index (χ1v) is 13.5. The molecule has 4 saturated heterocycles. The van der Waals surface area contributed by atoms with Crippen molar-refractivity contribution in [2.24, 2.45) is 0 Å². The number of hydrogen-bond acceptors (Lipinski definition) is 17. The molecule has 4 rings (SSSR count). The van der Waals surface area contributed by atoms with Crippen LogP contribution in [0.15, 0.2) is 0 Å². The molecular formula is C24H42O17. The molecule has 0 spiro atoms. The zero-order chi connectivity index (χ0) is 30.5. The highest BCUT2D eigenvalue weighted by atomic mass is 16.8. The Kier molecular flexibility index (Phi) is 10.6. The first-order valence-electron chi connectivity index (χ1n) is 13.5. The highest BCUT2D eigenvalue weighted by Crippen LogP contribution is 2.34. The molecule has 4 aliphatic rings. The summed E-state index contributed by atoms with van der Waals surface area (Å²) in [5, 5.41) is 104. The highest BCUT2D eigenvalue weighted by molar-refractivity contribution is 4.96. The van der Waals surface area contributed by atoms with Crippen molar-refractivity contribution in [3.63, 3.8) is 0 Å². The molecule has 4 aliphatic heterocycles. The molecule has 0 aliphatic carbocycles. The lowest BCUT2D eigenvalue weighted by atomic mass is 9.96. The maximum atomic E-state index is 11.1. The fourth-order valence-electron chi connectivity index (χ4n) is 5.29. The van der Waals surface area contributed by atoms with Crippen LogP contribution in [-0.4, -0.2) is 174 Å². The molecule has 0 unspecified atom stereocenters. The maximum absolute atomic E-state index is 11.1. The molecule has 4 fully saturated rings. The van der Waals surface area contributed by atoms with Gasteiger partial charge in [-0.25, -0.2) is 0 Å². The van der Waals surface area contributed by atoms with Crippen molar-refractivity contribution in [2.75, 3.05) is 0 Å². The van der Waals surface area contributed by atoms with Crippen LogP contribution in [0.25, 0.3) is 0 Å². The minimum Gasteiger partial charge on any atom is -0.388 e. The van der Waals surface area contributed by atoms with Crippen LogP contribution in [0, 0.1) is 0 Å². The van der Waals surface area contributed by atoms with E-state index in [2.05, 4.69) is 0 Å². The molecule has 17 heteroatoms. The lowest BCUT2D eigenvalue weighted by molar-refractivity contribution is -0.392. The monoisotopic (exact) mass is 602 g/mol. The van der Waals surface area contributed by atoms with Gasteiger partial charge in [-0.05, 0) is 27.7 Å². The molecule has 240 valence electrons. The van der Waals surface area contributed by atoms with Crippen LogP contribution in [0.5, 0.6) is 0 Å². The number of aliphatic hydroxyl groups excluding tert-OH is 10. The SMILES string of the molecule is C[C@@H]1O[C@@H](O[C@H]2[C@@H](O)[C@H](O[C@H]3[C@H](O[C@H]4[C@@H](O)[C@H](O)O[C@@H](C)[C@H]4O)O[C@@H](C)[C@@H](O)[C@H]3O)O[C@@H](C)[C@H]2O)[C@H](O)[C@H](O)[C@@H]1O. The smallest absolute Gasteiger partial charge is 0.187 e. The molecule has 0 aromatic rings. The van der Waals surface area contributed by atoms with E-state index >= 15 is 0 Å². The maximum Gasteiger partial charge on any atom is 0.187 e. The predicted octanol–water partition coefficient (Wildman–Crippen LogP) is -5.64. The minimum atomic E-state index is -1.82. The van der Waals surface area contributed by atoms with Crippen LogP contribution in [-0.2, 0) is 33.2 Å². The van der Waals surface area contributed by atoms with Gasteiger partial charge < -0.3 is 84.2 Å². The Bertz CT molecular complexity index is 839. The molecular weight excluding hydrogens is 560 g/mol. The van der Waals surface area contributed by atoms with E-state index in [0.29, 0.717) is 0 Å². The Morgan fingerprint density at radius 3 is 1.32 bits per heavy atom. The Hall–Kier alpha value is -0.680. The molecule has 0 amide bonds. The van der Waals surface area contributed by atoms with Gasteiger partial charge in [0.15, 0.2) is 25.2 Å². The van der Waals surface area contributed by atoms with Gasteiger partial charge in [-0.1, -0.05) is 0 Å². The third-order valence-corrected chi connectivity index (χ3v) is 8.05. The van der Waals surface area contributed by atoms with Crippen LogP contribution in [0.1, 0.15) is 27.7 Å². The van der Waals surface area contributed by atoms with Crippen LogP contribution >= 0.6 is 0 Å². The summed E-state index contributed by atoms with van der Waals surface area (Å²) in [5.74, 6) is 0. The second-order valence-corrected chi connectivity index (χ2v) is 11.1. The minimum absolute atomic E-state index is 0.960. The summed E-state index contributed by atoms with van der Waals surface area (Å²) in [6, 6.07) is 0. The van der Waals surface area contributed by atoms with Gasteiger partial charge in [0.2, 0.25) is 0 Å². The van der Waals surface area contributed by atoms with E-state index < -0.39 is 123 Å². The fourth-order valence-corrected chi connectivity index (χ4v) is 5.29. The first kappa shape index (κ1) is 33.2. The largest absolute Gasteiger partial charge is 0.388 e. The average molecular weight is 603 g/mol. The molecule has 0 saturated carbocycles. The second-order valence-electron chi connectivity index (χ2n) is 11.1. The summed E-state index contributed by atoms with van der Waals surface area (Å²) < 4.78 is 38.9. The van der Waals surface area contributed by atoms with Crippen LogP contribution in [0.4, 0.5) is 0 Å². The van der Waals surface area contributed by atoms with Crippen LogP contribution in [0.3, 0.4) is 0 Å². The Labute approximate surface area is 235 Å². The van der Waals surface area contributed by atoms with Crippen molar-refractivity contribution >= 4 is 0 Å².